The Morgan fingerprint density at radius 1 is 1.41 bits per heavy atom. The van der Waals surface area contributed by atoms with Gasteiger partial charge >= 0.3 is 0 Å². The van der Waals surface area contributed by atoms with Gasteiger partial charge < -0.3 is 10.1 Å². The zero-order valence-corrected chi connectivity index (χ0v) is 12.3. The van der Waals surface area contributed by atoms with E-state index in [0.717, 1.165) is 19.7 Å². The Morgan fingerprint density at radius 2 is 2.12 bits per heavy atom. The smallest absolute Gasteiger partial charge is 0.0618 e. The van der Waals surface area contributed by atoms with Gasteiger partial charge in [-0.05, 0) is 26.7 Å². The van der Waals surface area contributed by atoms with Crippen LogP contribution in [0.2, 0.25) is 0 Å². The van der Waals surface area contributed by atoms with Gasteiger partial charge in [-0.15, -0.1) is 0 Å². The molecule has 1 N–H and O–H groups in total. The highest BCUT2D eigenvalue weighted by molar-refractivity contribution is 4.94. The standard InChI is InChI=1S/C14H30N2O/c1-6-8-13(10-17-5)16-11-14(3,4)15-9-12(16)7-2/h12-13,15H,6-11H2,1-5H3. The molecule has 0 aromatic rings. The van der Waals surface area contributed by atoms with Crippen molar-refractivity contribution in [3.05, 3.63) is 0 Å². The molecule has 3 nitrogen and oxygen atoms in total. The van der Waals surface area contributed by atoms with Crippen LogP contribution in [-0.2, 0) is 4.74 Å². The molecule has 3 heteroatoms. The van der Waals surface area contributed by atoms with E-state index in [2.05, 4.69) is 37.9 Å². The molecule has 1 aliphatic heterocycles. The number of hydrogen-bond donors (Lipinski definition) is 1. The zero-order chi connectivity index (χ0) is 12.9. The quantitative estimate of drug-likeness (QED) is 0.773. The number of nitrogens with one attached hydrogen (secondary N) is 1. The van der Waals surface area contributed by atoms with Crippen LogP contribution in [0.5, 0.6) is 0 Å². The summed E-state index contributed by atoms with van der Waals surface area (Å²) in [6.45, 7) is 12.2. The van der Waals surface area contributed by atoms with Crippen molar-refractivity contribution in [1.82, 2.24) is 10.2 Å². The normalized spacial score (nSPS) is 27.0. The molecule has 2 atom stereocenters. The highest BCUT2D eigenvalue weighted by Gasteiger charge is 2.35. The molecule has 0 amide bonds. The van der Waals surface area contributed by atoms with Gasteiger partial charge in [0.25, 0.3) is 0 Å². The molecule has 0 aromatic carbocycles. The molecule has 0 aliphatic carbocycles. The number of ether oxygens (including phenoxy) is 1. The first-order valence-electron chi connectivity index (χ1n) is 7.03. The SMILES string of the molecule is CCCC(COC)N1CC(C)(C)NCC1CC. The molecule has 1 rings (SSSR count). The molecule has 0 spiro atoms. The first-order chi connectivity index (χ1) is 8.04. The van der Waals surface area contributed by atoms with Crippen LogP contribution in [0, 0.1) is 0 Å². The first-order valence-corrected chi connectivity index (χ1v) is 7.03. The van der Waals surface area contributed by atoms with Gasteiger partial charge in [-0.3, -0.25) is 4.90 Å². The van der Waals surface area contributed by atoms with E-state index >= 15 is 0 Å². The predicted octanol–water partition coefficient (Wildman–Crippen LogP) is 2.26. The molecule has 0 radical (unpaired) electrons. The highest BCUT2D eigenvalue weighted by atomic mass is 16.5. The minimum absolute atomic E-state index is 0.228. The number of rotatable bonds is 6. The van der Waals surface area contributed by atoms with Gasteiger partial charge in [0.05, 0.1) is 6.61 Å². The van der Waals surface area contributed by atoms with Crippen molar-refractivity contribution in [2.45, 2.75) is 64.6 Å². The Balaban J connectivity index is 2.71. The third-order valence-electron chi connectivity index (χ3n) is 3.78. The lowest BCUT2D eigenvalue weighted by Gasteiger charge is -2.48. The first kappa shape index (κ1) is 14.9. The van der Waals surface area contributed by atoms with Gasteiger partial charge in [-0.1, -0.05) is 20.3 Å². The van der Waals surface area contributed by atoms with Gasteiger partial charge in [0.15, 0.2) is 0 Å². The van der Waals surface area contributed by atoms with Crippen LogP contribution in [-0.4, -0.2) is 49.3 Å². The summed E-state index contributed by atoms with van der Waals surface area (Å²) in [6.07, 6.45) is 3.68. The van der Waals surface area contributed by atoms with Crippen molar-refractivity contribution in [2.75, 3.05) is 26.8 Å². The average Bonchev–Trinajstić information content (AvgIpc) is 2.28. The predicted molar refractivity (Wildman–Crippen MR) is 73.4 cm³/mol. The molecule has 17 heavy (non-hydrogen) atoms. The summed E-state index contributed by atoms with van der Waals surface area (Å²) in [5.74, 6) is 0. The highest BCUT2D eigenvalue weighted by Crippen LogP contribution is 2.22. The van der Waals surface area contributed by atoms with E-state index in [1.54, 1.807) is 0 Å². The number of nitrogens with zero attached hydrogens (tertiary/aromatic N) is 1. The monoisotopic (exact) mass is 242 g/mol. The molecule has 0 bridgehead atoms. The minimum Gasteiger partial charge on any atom is -0.383 e. The van der Waals surface area contributed by atoms with E-state index in [1.807, 2.05) is 7.11 Å². The van der Waals surface area contributed by atoms with Crippen LogP contribution in [0.4, 0.5) is 0 Å². The van der Waals surface area contributed by atoms with E-state index in [9.17, 15) is 0 Å². The van der Waals surface area contributed by atoms with Gasteiger partial charge in [0.1, 0.15) is 0 Å². The summed E-state index contributed by atoms with van der Waals surface area (Å²) < 4.78 is 5.41. The Bertz CT molecular complexity index is 212. The van der Waals surface area contributed by atoms with Crippen LogP contribution in [0.25, 0.3) is 0 Å². The number of hydrogen-bond acceptors (Lipinski definition) is 3. The second-order valence-corrected chi connectivity index (χ2v) is 5.90. The van der Waals surface area contributed by atoms with Crippen LogP contribution in [0.3, 0.4) is 0 Å². The van der Waals surface area contributed by atoms with Gasteiger partial charge in [0, 0.05) is 37.8 Å². The third kappa shape index (κ3) is 4.23. The van der Waals surface area contributed by atoms with E-state index < -0.39 is 0 Å². The summed E-state index contributed by atoms with van der Waals surface area (Å²) in [5, 5.41) is 3.65. The molecule has 1 fully saturated rings. The molecule has 1 heterocycles. The van der Waals surface area contributed by atoms with Crippen LogP contribution >= 0.6 is 0 Å². The molecular weight excluding hydrogens is 212 g/mol. The lowest BCUT2D eigenvalue weighted by molar-refractivity contribution is 0.0111. The summed E-state index contributed by atoms with van der Waals surface area (Å²) in [7, 11) is 1.82. The Morgan fingerprint density at radius 3 is 2.65 bits per heavy atom. The summed E-state index contributed by atoms with van der Waals surface area (Å²) >= 11 is 0. The second kappa shape index (κ2) is 6.72. The maximum Gasteiger partial charge on any atom is 0.0618 e. The lowest BCUT2D eigenvalue weighted by Crippen LogP contribution is -2.64. The van der Waals surface area contributed by atoms with Crippen molar-refractivity contribution in [2.24, 2.45) is 0 Å². The Labute approximate surface area is 107 Å². The number of methoxy groups -OCH3 is 1. The van der Waals surface area contributed by atoms with Crippen LogP contribution in [0.1, 0.15) is 47.0 Å². The van der Waals surface area contributed by atoms with Crippen molar-refractivity contribution in [1.29, 1.82) is 0 Å². The lowest BCUT2D eigenvalue weighted by atomic mass is 9.94. The van der Waals surface area contributed by atoms with Crippen molar-refractivity contribution < 1.29 is 4.74 Å². The number of piperazine rings is 1. The molecule has 1 saturated heterocycles. The molecular formula is C14H30N2O. The zero-order valence-electron chi connectivity index (χ0n) is 12.3. The van der Waals surface area contributed by atoms with Crippen LogP contribution < -0.4 is 5.32 Å². The van der Waals surface area contributed by atoms with Gasteiger partial charge in [0.2, 0.25) is 0 Å². The summed E-state index contributed by atoms with van der Waals surface area (Å²) in [5.41, 5.74) is 0.228. The van der Waals surface area contributed by atoms with E-state index in [0.29, 0.717) is 12.1 Å². The maximum atomic E-state index is 5.41. The molecule has 1 aliphatic rings. The third-order valence-corrected chi connectivity index (χ3v) is 3.78. The Hall–Kier alpha value is -0.120. The van der Waals surface area contributed by atoms with Gasteiger partial charge in [-0.25, -0.2) is 0 Å². The van der Waals surface area contributed by atoms with E-state index in [1.165, 1.54) is 19.3 Å². The topological polar surface area (TPSA) is 24.5 Å². The summed E-state index contributed by atoms with van der Waals surface area (Å²) in [6, 6.07) is 1.24. The molecule has 0 saturated carbocycles. The largest absolute Gasteiger partial charge is 0.383 e. The van der Waals surface area contributed by atoms with Crippen LogP contribution in [0.15, 0.2) is 0 Å². The van der Waals surface area contributed by atoms with Crippen molar-refractivity contribution in [3.63, 3.8) is 0 Å². The fourth-order valence-corrected chi connectivity index (χ4v) is 2.83. The fourth-order valence-electron chi connectivity index (χ4n) is 2.83. The molecule has 102 valence electrons. The average molecular weight is 242 g/mol. The second-order valence-electron chi connectivity index (χ2n) is 5.90. The Kier molecular flexibility index (Phi) is 5.90. The molecule has 2 unspecified atom stereocenters. The van der Waals surface area contributed by atoms with Crippen molar-refractivity contribution in [3.8, 4) is 0 Å². The summed E-state index contributed by atoms with van der Waals surface area (Å²) in [4.78, 5) is 2.67. The van der Waals surface area contributed by atoms with E-state index in [4.69, 9.17) is 4.74 Å². The fraction of sp³-hybridized carbons (Fsp3) is 1.00. The molecule has 0 aromatic heterocycles. The maximum absolute atomic E-state index is 5.41. The van der Waals surface area contributed by atoms with E-state index in [-0.39, 0.29) is 5.54 Å². The van der Waals surface area contributed by atoms with Gasteiger partial charge in [-0.2, -0.15) is 0 Å². The van der Waals surface area contributed by atoms with Crippen molar-refractivity contribution >= 4 is 0 Å². The minimum atomic E-state index is 0.228.